The van der Waals surface area contributed by atoms with Gasteiger partial charge in [-0.2, -0.15) is 0 Å². The van der Waals surface area contributed by atoms with E-state index in [0.29, 0.717) is 5.92 Å². The SMILES string of the molecule is c1nc(C2CCOC2)cc(N2CCCCCC2)n1. The molecular formula is C14H21N3O. The molecule has 0 N–H and O–H groups in total. The van der Waals surface area contributed by atoms with E-state index >= 15 is 0 Å². The van der Waals surface area contributed by atoms with E-state index in [1.807, 2.05) is 0 Å². The van der Waals surface area contributed by atoms with Gasteiger partial charge < -0.3 is 9.64 Å². The van der Waals surface area contributed by atoms with Crippen molar-refractivity contribution in [2.75, 3.05) is 31.2 Å². The van der Waals surface area contributed by atoms with Gasteiger partial charge >= 0.3 is 0 Å². The first-order valence-electron chi connectivity index (χ1n) is 7.08. The van der Waals surface area contributed by atoms with E-state index in [4.69, 9.17) is 4.74 Å². The van der Waals surface area contributed by atoms with Gasteiger partial charge in [-0.15, -0.1) is 0 Å². The van der Waals surface area contributed by atoms with Crippen LogP contribution in [0.2, 0.25) is 0 Å². The van der Waals surface area contributed by atoms with Gasteiger partial charge in [-0.05, 0) is 19.3 Å². The molecule has 2 fully saturated rings. The Morgan fingerprint density at radius 3 is 2.67 bits per heavy atom. The summed E-state index contributed by atoms with van der Waals surface area (Å²) in [7, 11) is 0. The molecule has 2 saturated heterocycles. The Bertz CT molecular complexity index is 382. The van der Waals surface area contributed by atoms with E-state index in [0.717, 1.165) is 44.2 Å². The second-order valence-electron chi connectivity index (χ2n) is 5.26. The van der Waals surface area contributed by atoms with Crippen LogP contribution in [-0.2, 0) is 4.74 Å². The zero-order valence-electron chi connectivity index (χ0n) is 10.8. The minimum absolute atomic E-state index is 0.471. The monoisotopic (exact) mass is 247 g/mol. The molecule has 0 bridgehead atoms. The minimum atomic E-state index is 0.471. The van der Waals surface area contributed by atoms with E-state index in [1.165, 1.54) is 25.7 Å². The van der Waals surface area contributed by atoms with Gasteiger partial charge in [0, 0.05) is 31.7 Å². The van der Waals surface area contributed by atoms with Crippen LogP contribution in [0.3, 0.4) is 0 Å². The van der Waals surface area contributed by atoms with Crippen molar-refractivity contribution in [3.63, 3.8) is 0 Å². The Morgan fingerprint density at radius 2 is 1.94 bits per heavy atom. The molecule has 98 valence electrons. The third-order valence-corrected chi connectivity index (χ3v) is 3.95. The fourth-order valence-electron chi connectivity index (χ4n) is 2.83. The number of rotatable bonds is 2. The summed E-state index contributed by atoms with van der Waals surface area (Å²) in [6, 6.07) is 2.17. The molecule has 0 aromatic carbocycles. The predicted octanol–water partition coefficient (Wildman–Crippen LogP) is 2.36. The van der Waals surface area contributed by atoms with Crippen LogP contribution in [0.1, 0.15) is 43.7 Å². The first-order valence-corrected chi connectivity index (χ1v) is 7.08. The number of ether oxygens (including phenoxy) is 1. The number of hydrogen-bond donors (Lipinski definition) is 0. The summed E-state index contributed by atoms with van der Waals surface area (Å²) < 4.78 is 5.44. The summed E-state index contributed by atoms with van der Waals surface area (Å²) in [6.07, 6.45) is 8.08. The average Bonchev–Trinajstić information content (AvgIpc) is 2.82. The molecule has 4 nitrogen and oxygen atoms in total. The van der Waals surface area contributed by atoms with Crippen molar-refractivity contribution in [1.82, 2.24) is 9.97 Å². The molecule has 4 heteroatoms. The standard InChI is InChI=1S/C14H21N3O/c1-2-4-7-17(6-3-1)14-9-13(15-11-16-14)12-5-8-18-10-12/h9,11-12H,1-8,10H2. The van der Waals surface area contributed by atoms with E-state index < -0.39 is 0 Å². The fraction of sp³-hybridized carbons (Fsp3) is 0.714. The summed E-state index contributed by atoms with van der Waals surface area (Å²) in [4.78, 5) is 11.3. The molecule has 3 heterocycles. The van der Waals surface area contributed by atoms with Gasteiger partial charge in [0.2, 0.25) is 0 Å². The van der Waals surface area contributed by atoms with Crippen molar-refractivity contribution in [2.24, 2.45) is 0 Å². The quantitative estimate of drug-likeness (QED) is 0.804. The van der Waals surface area contributed by atoms with Gasteiger partial charge in [0.05, 0.1) is 12.3 Å². The second-order valence-corrected chi connectivity index (χ2v) is 5.26. The van der Waals surface area contributed by atoms with Gasteiger partial charge in [-0.1, -0.05) is 12.8 Å². The third-order valence-electron chi connectivity index (χ3n) is 3.95. The number of aromatic nitrogens is 2. The minimum Gasteiger partial charge on any atom is -0.381 e. The lowest BCUT2D eigenvalue weighted by atomic mass is 10.0. The number of hydrogen-bond acceptors (Lipinski definition) is 4. The van der Waals surface area contributed by atoms with Crippen molar-refractivity contribution < 1.29 is 4.74 Å². The molecule has 0 amide bonds. The Labute approximate surface area is 108 Å². The van der Waals surface area contributed by atoms with E-state index in [1.54, 1.807) is 6.33 Å². The van der Waals surface area contributed by atoms with Crippen molar-refractivity contribution in [1.29, 1.82) is 0 Å². The summed E-state index contributed by atoms with van der Waals surface area (Å²) in [6.45, 7) is 3.96. The van der Waals surface area contributed by atoms with Crippen LogP contribution in [0, 0.1) is 0 Å². The molecule has 2 aliphatic rings. The topological polar surface area (TPSA) is 38.2 Å². The van der Waals surface area contributed by atoms with E-state index in [-0.39, 0.29) is 0 Å². The van der Waals surface area contributed by atoms with Crippen molar-refractivity contribution in [3.8, 4) is 0 Å². The average molecular weight is 247 g/mol. The van der Waals surface area contributed by atoms with Crippen LogP contribution in [-0.4, -0.2) is 36.3 Å². The normalized spacial score (nSPS) is 25.1. The summed E-state index contributed by atoms with van der Waals surface area (Å²) in [5.41, 5.74) is 1.15. The van der Waals surface area contributed by atoms with Crippen molar-refractivity contribution >= 4 is 5.82 Å². The largest absolute Gasteiger partial charge is 0.381 e. The molecule has 0 spiro atoms. The first kappa shape index (κ1) is 11.9. The molecular weight excluding hydrogens is 226 g/mol. The molecule has 1 unspecified atom stereocenters. The van der Waals surface area contributed by atoms with Gasteiger partial charge in [-0.25, -0.2) is 9.97 Å². The molecule has 2 aliphatic heterocycles. The Balaban J connectivity index is 1.76. The molecule has 1 aromatic heterocycles. The lowest BCUT2D eigenvalue weighted by Crippen LogP contribution is -2.25. The summed E-state index contributed by atoms with van der Waals surface area (Å²) >= 11 is 0. The number of anilines is 1. The molecule has 0 radical (unpaired) electrons. The van der Waals surface area contributed by atoms with Gasteiger partial charge in [0.1, 0.15) is 12.1 Å². The van der Waals surface area contributed by atoms with Crippen LogP contribution in [0.4, 0.5) is 5.82 Å². The van der Waals surface area contributed by atoms with E-state index in [9.17, 15) is 0 Å². The maximum atomic E-state index is 5.44. The van der Waals surface area contributed by atoms with Crippen LogP contribution >= 0.6 is 0 Å². The molecule has 0 saturated carbocycles. The predicted molar refractivity (Wildman–Crippen MR) is 70.9 cm³/mol. The summed E-state index contributed by atoms with van der Waals surface area (Å²) in [5, 5.41) is 0. The van der Waals surface area contributed by atoms with Crippen LogP contribution in [0.25, 0.3) is 0 Å². The second kappa shape index (κ2) is 5.65. The maximum absolute atomic E-state index is 5.44. The van der Waals surface area contributed by atoms with Gasteiger partial charge in [-0.3, -0.25) is 0 Å². The molecule has 1 atom stereocenters. The zero-order chi connectivity index (χ0) is 12.2. The lowest BCUT2D eigenvalue weighted by Gasteiger charge is -2.22. The smallest absolute Gasteiger partial charge is 0.132 e. The van der Waals surface area contributed by atoms with E-state index in [2.05, 4.69) is 20.9 Å². The van der Waals surface area contributed by atoms with Crippen LogP contribution in [0.15, 0.2) is 12.4 Å². The Hall–Kier alpha value is -1.16. The molecule has 3 rings (SSSR count). The highest BCUT2D eigenvalue weighted by molar-refractivity contribution is 5.39. The van der Waals surface area contributed by atoms with Gasteiger partial charge in [0.15, 0.2) is 0 Å². The maximum Gasteiger partial charge on any atom is 0.132 e. The van der Waals surface area contributed by atoms with Crippen molar-refractivity contribution in [3.05, 3.63) is 18.1 Å². The lowest BCUT2D eigenvalue weighted by molar-refractivity contribution is 0.193. The zero-order valence-corrected chi connectivity index (χ0v) is 10.8. The van der Waals surface area contributed by atoms with Gasteiger partial charge in [0.25, 0.3) is 0 Å². The molecule has 18 heavy (non-hydrogen) atoms. The van der Waals surface area contributed by atoms with Crippen LogP contribution < -0.4 is 4.90 Å². The third kappa shape index (κ3) is 2.64. The molecule has 1 aromatic rings. The number of nitrogens with zero attached hydrogens (tertiary/aromatic N) is 3. The summed E-state index contributed by atoms with van der Waals surface area (Å²) in [5.74, 6) is 1.58. The Morgan fingerprint density at radius 1 is 1.11 bits per heavy atom. The highest BCUT2D eigenvalue weighted by Gasteiger charge is 2.20. The Kier molecular flexibility index (Phi) is 3.74. The van der Waals surface area contributed by atoms with Crippen molar-refractivity contribution in [2.45, 2.75) is 38.0 Å². The molecule has 0 aliphatic carbocycles. The fourth-order valence-corrected chi connectivity index (χ4v) is 2.83. The first-order chi connectivity index (χ1) is 8.93. The van der Waals surface area contributed by atoms with Crippen LogP contribution in [0.5, 0.6) is 0 Å². The highest BCUT2D eigenvalue weighted by Crippen LogP contribution is 2.26. The highest BCUT2D eigenvalue weighted by atomic mass is 16.5.